The summed E-state index contributed by atoms with van der Waals surface area (Å²) in [6.45, 7) is 1.42. The Hall–Kier alpha value is -2.26. The lowest BCUT2D eigenvalue weighted by molar-refractivity contribution is -0.140. The Morgan fingerprint density at radius 1 is 1.14 bits per heavy atom. The van der Waals surface area contributed by atoms with Gasteiger partial charge in [-0.15, -0.1) is 0 Å². The first-order chi connectivity index (χ1) is 13.8. The standard InChI is InChI=1S/C20H22F4N4O/c21-19-12(2-1-3-15(19)20(22,23)24)9-28-10-13-6-16(17(29)7-14(13)11-28)27-18-8-25-4-5-26-18/h1-5,8,13-14,16-17,29H,6-7,9-11H2,(H,26,27)/t13-,14+,16-,17-/m1/s1. The fourth-order valence-electron chi connectivity index (χ4n) is 4.54. The lowest BCUT2D eigenvalue weighted by Gasteiger charge is -2.35. The molecule has 2 heterocycles. The number of benzene rings is 1. The molecule has 156 valence electrons. The highest BCUT2D eigenvalue weighted by atomic mass is 19.4. The van der Waals surface area contributed by atoms with Crippen molar-refractivity contribution in [2.75, 3.05) is 18.4 Å². The minimum Gasteiger partial charge on any atom is -0.391 e. The number of rotatable bonds is 4. The Kier molecular flexibility index (Phi) is 5.44. The minimum atomic E-state index is -4.71. The van der Waals surface area contributed by atoms with Crippen LogP contribution >= 0.6 is 0 Å². The Morgan fingerprint density at radius 2 is 1.90 bits per heavy atom. The number of nitrogens with one attached hydrogen (secondary N) is 1. The van der Waals surface area contributed by atoms with Crippen LogP contribution in [0.25, 0.3) is 0 Å². The summed E-state index contributed by atoms with van der Waals surface area (Å²) < 4.78 is 53.2. The van der Waals surface area contributed by atoms with Crippen LogP contribution in [0.5, 0.6) is 0 Å². The van der Waals surface area contributed by atoms with Crippen molar-refractivity contribution in [2.45, 2.75) is 37.7 Å². The molecule has 2 fully saturated rings. The number of fused-ring (bicyclic) bond motifs is 1. The largest absolute Gasteiger partial charge is 0.419 e. The Labute approximate surface area is 165 Å². The molecule has 2 N–H and O–H groups in total. The van der Waals surface area contributed by atoms with E-state index in [2.05, 4.69) is 15.3 Å². The van der Waals surface area contributed by atoms with Gasteiger partial charge in [0, 0.05) is 37.6 Å². The summed E-state index contributed by atoms with van der Waals surface area (Å²) in [4.78, 5) is 10.2. The van der Waals surface area contributed by atoms with Gasteiger partial charge in [-0.1, -0.05) is 12.1 Å². The van der Waals surface area contributed by atoms with E-state index in [1.807, 2.05) is 4.90 Å². The number of likely N-dealkylation sites (tertiary alicyclic amines) is 1. The zero-order valence-corrected chi connectivity index (χ0v) is 15.6. The van der Waals surface area contributed by atoms with Crippen LogP contribution in [0.2, 0.25) is 0 Å². The molecule has 0 unspecified atom stereocenters. The van der Waals surface area contributed by atoms with Crippen LogP contribution in [0, 0.1) is 17.7 Å². The molecule has 2 aromatic rings. The summed E-state index contributed by atoms with van der Waals surface area (Å²) in [5.41, 5.74) is -1.18. The van der Waals surface area contributed by atoms with Crippen molar-refractivity contribution in [1.29, 1.82) is 0 Å². The van der Waals surface area contributed by atoms with E-state index in [1.165, 1.54) is 12.1 Å². The third-order valence-corrected chi connectivity index (χ3v) is 5.89. The predicted molar refractivity (Wildman–Crippen MR) is 98.3 cm³/mol. The molecule has 1 saturated heterocycles. The monoisotopic (exact) mass is 410 g/mol. The molecular formula is C20H22F4N4O. The summed E-state index contributed by atoms with van der Waals surface area (Å²) in [5.74, 6) is -0.0896. The summed E-state index contributed by atoms with van der Waals surface area (Å²) in [6, 6.07) is 3.24. The molecule has 0 bridgehead atoms. The van der Waals surface area contributed by atoms with E-state index in [0.29, 0.717) is 31.7 Å². The number of hydrogen-bond acceptors (Lipinski definition) is 5. The van der Waals surface area contributed by atoms with Crippen LogP contribution in [-0.4, -0.2) is 45.2 Å². The molecule has 4 rings (SSSR count). The smallest absolute Gasteiger partial charge is 0.391 e. The molecule has 4 atom stereocenters. The van der Waals surface area contributed by atoms with Gasteiger partial charge in [-0.3, -0.25) is 9.88 Å². The van der Waals surface area contributed by atoms with Crippen molar-refractivity contribution in [1.82, 2.24) is 14.9 Å². The van der Waals surface area contributed by atoms with E-state index in [0.717, 1.165) is 6.07 Å². The van der Waals surface area contributed by atoms with Gasteiger partial charge in [-0.25, -0.2) is 9.37 Å². The topological polar surface area (TPSA) is 61.3 Å². The highest BCUT2D eigenvalue weighted by molar-refractivity contribution is 5.32. The molecule has 0 radical (unpaired) electrons. The summed E-state index contributed by atoms with van der Waals surface area (Å²) >= 11 is 0. The van der Waals surface area contributed by atoms with Crippen LogP contribution in [0.1, 0.15) is 24.0 Å². The van der Waals surface area contributed by atoms with E-state index >= 15 is 0 Å². The van der Waals surface area contributed by atoms with E-state index in [9.17, 15) is 22.7 Å². The van der Waals surface area contributed by atoms with Gasteiger partial charge in [0.05, 0.1) is 23.9 Å². The molecule has 5 nitrogen and oxygen atoms in total. The third kappa shape index (κ3) is 4.35. The van der Waals surface area contributed by atoms with Crippen LogP contribution in [0.15, 0.2) is 36.8 Å². The van der Waals surface area contributed by atoms with Crippen LogP contribution in [0.4, 0.5) is 23.4 Å². The zero-order chi connectivity index (χ0) is 20.6. The van der Waals surface area contributed by atoms with Gasteiger partial charge in [0.2, 0.25) is 0 Å². The Bertz CT molecular complexity index is 848. The second-order valence-electron chi connectivity index (χ2n) is 7.87. The van der Waals surface area contributed by atoms with Crippen molar-refractivity contribution in [3.05, 3.63) is 53.7 Å². The molecule has 0 amide bonds. The minimum absolute atomic E-state index is 0.0493. The summed E-state index contributed by atoms with van der Waals surface area (Å²) in [7, 11) is 0. The maximum absolute atomic E-state index is 14.3. The maximum Gasteiger partial charge on any atom is 0.419 e. The summed E-state index contributed by atoms with van der Waals surface area (Å²) in [6.07, 6.45) is 0.775. The van der Waals surface area contributed by atoms with Crippen LogP contribution < -0.4 is 5.32 Å². The molecule has 2 aliphatic rings. The van der Waals surface area contributed by atoms with Crippen molar-refractivity contribution < 1.29 is 22.7 Å². The van der Waals surface area contributed by atoms with Crippen molar-refractivity contribution in [2.24, 2.45) is 11.8 Å². The Balaban J connectivity index is 1.42. The SMILES string of the molecule is O[C@@H]1C[C@H]2CN(Cc3cccc(C(F)(F)F)c3F)C[C@H]2C[C@H]1Nc1cnccn1. The number of nitrogens with zero attached hydrogens (tertiary/aromatic N) is 3. The molecule has 1 aliphatic heterocycles. The second kappa shape index (κ2) is 7.87. The number of hydrogen-bond donors (Lipinski definition) is 2. The van der Waals surface area contributed by atoms with Gasteiger partial charge in [-0.05, 0) is 30.7 Å². The fraction of sp³-hybridized carbons (Fsp3) is 0.500. The zero-order valence-electron chi connectivity index (χ0n) is 15.6. The molecule has 9 heteroatoms. The van der Waals surface area contributed by atoms with E-state index in [1.54, 1.807) is 18.6 Å². The van der Waals surface area contributed by atoms with E-state index < -0.39 is 23.7 Å². The van der Waals surface area contributed by atoms with Crippen molar-refractivity contribution in [3.63, 3.8) is 0 Å². The number of alkyl halides is 3. The van der Waals surface area contributed by atoms with Crippen molar-refractivity contribution in [3.8, 4) is 0 Å². The van der Waals surface area contributed by atoms with Gasteiger partial charge in [0.25, 0.3) is 0 Å². The Morgan fingerprint density at radius 3 is 2.59 bits per heavy atom. The van der Waals surface area contributed by atoms with E-state index in [4.69, 9.17) is 0 Å². The lowest BCUT2D eigenvalue weighted by Crippen LogP contribution is -2.43. The number of aliphatic hydroxyl groups is 1. The molecular weight excluding hydrogens is 388 g/mol. The first-order valence-electron chi connectivity index (χ1n) is 9.59. The highest BCUT2D eigenvalue weighted by Crippen LogP contribution is 2.39. The van der Waals surface area contributed by atoms with Gasteiger partial charge in [0.1, 0.15) is 11.6 Å². The third-order valence-electron chi connectivity index (χ3n) is 5.89. The van der Waals surface area contributed by atoms with Gasteiger partial charge < -0.3 is 10.4 Å². The van der Waals surface area contributed by atoms with Gasteiger partial charge in [-0.2, -0.15) is 13.2 Å². The number of anilines is 1. The molecule has 1 aliphatic carbocycles. The summed E-state index contributed by atoms with van der Waals surface area (Å²) in [5, 5.41) is 13.7. The molecule has 1 aromatic carbocycles. The average molecular weight is 410 g/mol. The average Bonchev–Trinajstić information content (AvgIpc) is 3.04. The number of aromatic nitrogens is 2. The number of aliphatic hydroxyl groups excluding tert-OH is 1. The normalized spacial score (nSPS) is 27.6. The van der Waals surface area contributed by atoms with Gasteiger partial charge in [0.15, 0.2) is 0 Å². The molecule has 29 heavy (non-hydrogen) atoms. The van der Waals surface area contributed by atoms with E-state index in [-0.39, 0.29) is 30.0 Å². The molecule has 1 aromatic heterocycles. The highest BCUT2D eigenvalue weighted by Gasteiger charge is 2.42. The lowest BCUT2D eigenvalue weighted by atomic mass is 9.77. The van der Waals surface area contributed by atoms with Gasteiger partial charge >= 0.3 is 6.18 Å². The first kappa shape index (κ1) is 20.0. The number of halogens is 4. The van der Waals surface area contributed by atoms with Crippen LogP contribution in [-0.2, 0) is 12.7 Å². The quantitative estimate of drug-likeness (QED) is 0.758. The second-order valence-corrected chi connectivity index (χ2v) is 7.87. The fourth-order valence-corrected chi connectivity index (χ4v) is 4.54. The molecule has 1 saturated carbocycles. The van der Waals surface area contributed by atoms with Crippen LogP contribution in [0.3, 0.4) is 0 Å². The first-order valence-corrected chi connectivity index (χ1v) is 9.59. The molecule has 0 spiro atoms. The predicted octanol–water partition coefficient (Wildman–Crippen LogP) is 3.32. The maximum atomic E-state index is 14.3. The van der Waals surface area contributed by atoms with Crippen molar-refractivity contribution >= 4 is 5.82 Å².